The summed E-state index contributed by atoms with van der Waals surface area (Å²) in [7, 11) is 2.22. The van der Waals surface area contributed by atoms with Gasteiger partial charge in [-0.25, -0.2) is 0 Å². The molecular formula is C14H30N2O. The van der Waals surface area contributed by atoms with Gasteiger partial charge < -0.3 is 15.0 Å². The molecule has 0 aromatic carbocycles. The molecule has 17 heavy (non-hydrogen) atoms. The summed E-state index contributed by atoms with van der Waals surface area (Å²) in [5.41, 5.74) is 0.327. The van der Waals surface area contributed by atoms with E-state index in [9.17, 15) is 0 Å². The number of rotatable bonds is 7. The van der Waals surface area contributed by atoms with E-state index in [-0.39, 0.29) is 0 Å². The third-order valence-corrected chi connectivity index (χ3v) is 3.70. The average Bonchev–Trinajstić information content (AvgIpc) is 2.66. The predicted octanol–water partition coefficient (Wildman–Crippen LogP) is 1.98. The smallest absolute Gasteiger partial charge is 0.0547 e. The maximum absolute atomic E-state index is 5.63. The fourth-order valence-corrected chi connectivity index (χ4v) is 2.31. The minimum atomic E-state index is 0.327. The van der Waals surface area contributed by atoms with Crippen LogP contribution in [0.4, 0.5) is 0 Å². The van der Waals surface area contributed by atoms with Crippen molar-refractivity contribution in [2.75, 3.05) is 39.9 Å². The van der Waals surface area contributed by atoms with Crippen molar-refractivity contribution in [2.45, 2.75) is 40.2 Å². The summed E-state index contributed by atoms with van der Waals surface area (Å²) >= 11 is 0. The second kappa shape index (κ2) is 6.72. The highest BCUT2D eigenvalue weighted by atomic mass is 16.5. The standard InChI is InChI=1S/C14H30N2O/c1-12(2)8-15-9-14(6-7-17-11-14)10-16(5)13(3)4/h12-13,15H,6-11H2,1-5H3. The molecule has 0 bridgehead atoms. The summed E-state index contributed by atoms with van der Waals surface area (Å²) in [5, 5.41) is 3.61. The number of nitrogens with zero attached hydrogens (tertiary/aromatic N) is 1. The molecule has 1 rings (SSSR count). The second-order valence-corrected chi connectivity index (χ2v) is 6.34. The molecular weight excluding hydrogens is 212 g/mol. The van der Waals surface area contributed by atoms with Crippen LogP contribution in [0.1, 0.15) is 34.1 Å². The molecule has 0 saturated carbocycles. The molecule has 1 N–H and O–H groups in total. The Labute approximate surface area is 107 Å². The van der Waals surface area contributed by atoms with Gasteiger partial charge in [-0.2, -0.15) is 0 Å². The summed E-state index contributed by atoms with van der Waals surface area (Å²) in [6.45, 7) is 14.2. The van der Waals surface area contributed by atoms with E-state index in [1.54, 1.807) is 0 Å². The maximum atomic E-state index is 5.63. The quantitative estimate of drug-likeness (QED) is 0.739. The second-order valence-electron chi connectivity index (χ2n) is 6.34. The fourth-order valence-electron chi connectivity index (χ4n) is 2.31. The van der Waals surface area contributed by atoms with Gasteiger partial charge >= 0.3 is 0 Å². The van der Waals surface area contributed by atoms with Gasteiger partial charge in [-0.1, -0.05) is 13.8 Å². The van der Waals surface area contributed by atoms with Crippen LogP contribution in [-0.2, 0) is 4.74 Å². The molecule has 1 saturated heterocycles. The Bertz CT molecular complexity index is 210. The van der Waals surface area contributed by atoms with E-state index in [0.29, 0.717) is 11.5 Å². The van der Waals surface area contributed by atoms with Gasteiger partial charge in [0.1, 0.15) is 0 Å². The Balaban J connectivity index is 2.44. The molecule has 3 nitrogen and oxygen atoms in total. The van der Waals surface area contributed by atoms with E-state index in [1.807, 2.05) is 0 Å². The monoisotopic (exact) mass is 242 g/mol. The topological polar surface area (TPSA) is 24.5 Å². The molecule has 1 unspecified atom stereocenters. The molecule has 1 fully saturated rings. The van der Waals surface area contributed by atoms with Gasteiger partial charge in [-0.15, -0.1) is 0 Å². The van der Waals surface area contributed by atoms with Crippen LogP contribution in [0.3, 0.4) is 0 Å². The van der Waals surface area contributed by atoms with E-state index in [2.05, 4.69) is 45.0 Å². The highest BCUT2D eigenvalue weighted by molar-refractivity contribution is 4.88. The van der Waals surface area contributed by atoms with Crippen molar-refractivity contribution < 1.29 is 4.74 Å². The van der Waals surface area contributed by atoms with Crippen LogP contribution in [0.5, 0.6) is 0 Å². The molecule has 3 heteroatoms. The maximum Gasteiger partial charge on any atom is 0.0547 e. The van der Waals surface area contributed by atoms with E-state index >= 15 is 0 Å². The van der Waals surface area contributed by atoms with E-state index in [1.165, 1.54) is 6.42 Å². The van der Waals surface area contributed by atoms with Gasteiger partial charge in [0.2, 0.25) is 0 Å². The van der Waals surface area contributed by atoms with Crippen molar-refractivity contribution in [3.05, 3.63) is 0 Å². The molecule has 1 atom stereocenters. The molecule has 0 aromatic rings. The molecule has 102 valence electrons. The first-order valence-corrected chi connectivity index (χ1v) is 6.94. The zero-order valence-corrected chi connectivity index (χ0v) is 12.3. The minimum absolute atomic E-state index is 0.327. The first-order chi connectivity index (χ1) is 7.95. The van der Waals surface area contributed by atoms with Gasteiger partial charge in [0.05, 0.1) is 6.61 Å². The normalized spacial score (nSPS) is 25.4. The minimum Gasteiger partial charge on any atom is -0.381 e. The zero-order valence-electron chi connectivity index (χ0n) is 12.3. The number of hydrogen-bond donors (Lipinski definition) is 1. The van der Waals surface area contributed by atoms with Crippen LogP contribution in [-0.4, -0.2) is 50.8 Å². The highest BCUT2D eigenvalue weighted by Crippen LogP contribution is 2.29. The molecule has 0 amide bonds. The van der Waals surface area contributed by atoms with Gasteiger partial charge in [-0.3, -0.25) is 0 Å². The van der Waals surface area contributed by atoms with Crippen molar-refractivity contribution >= 4 is 0 Å². The van der Waals surface area contributed by atoms with E-state index in [4.69, 9.17) is 4.74 Å². The number of nitrogens with one attached hydrogen (secondary N) is 1. The Morgan fingerprint density at radius 2 is 2.00 bits per heavy atom. The summed E-state index contributed by atoms with van der Waals surface area (Å²) in [6, 6.07) is 0.609. The zero-order chi connectivity index (χ0) is 12.9. The molecule has 0 aromatic heterocycles. The lowest BCUT2D eigenvalue weighted by Gasteiger charge is -2.34. The van der Waals surface area contributed by atoms with Crippen molar-refractivity contribution in [2.24, 2.45) is 11.3 Å². The van der Waals surface area contributed by atoms with Gasteiger partial charge in [0, 0.05) is 31.2 Å². The molecule has 1 aliphatic heterocycles. The van der Waals surface area contributed by atoms with Crippen LogP contribution in [0.25, 0.3) is 0 Å². The predicted molar refractivity (Wildman–Crippen MR) is 73.3 cm³/mol. The fraction of sp³-hybridized carbons (Fsp3) is 1.00. The van der Waals surface area contributed by atoms with Crippen LogP contribution >= 0.6 is 0 Å². The Morgan fingerprint density at radius 1 is 1.29 bits per heavy atom. The lowest BCUT2D eigenvalue weighted by atomic mass is 9.86. The van der Waals surface area contributed by atoms with Crippen molar-refractivity contribution in [1.29, 1.82) is 0 Å². The molecule has 0 radical (unpaired) electrons. The SMILES string of the molecule is CC(C)CNCC1(CN(C)C(C)C)CCOC1. The van der Waals surface area contributed by atoms with Crippen LogP contribution in [0.15, 0.2) is 0 Å². The Kier molecular flexibility index (Phi) is 5.90. The molecule has 1 heterocycles. The highest BCUT2D eigenvalue weighted by Gasteiger charge is 2.36. The molecule has 0 aliphatic carbocycles. The van der Waals surface area contributed by atoms with Crippen LogP contribution in [0, 0.1) is 11.3 Å². The average molecular weight is 242 g/mol. The summed E-state index contributed by atoms with van der Waals surface area (Å²) < 4.78 is 5.63. The molecule has 1 aliphatic rings. The Hall–Kier alpha value is -0.120. The van der Waals surface area contributed by atoms with E-state index < -0.39 is 0 Å². The third kappa shape index (κ3) is 4.94. The van der Waals surface area contributed by atoms with E-state index in [0.717, 1.165) is 38.8 Å². The van der Waals surface area contributed by atoms with Crippen molar-refractivity contribution in [3.63, 3.8) is 0 Å². The van der Waals surface area contributed by atoms with Gasteiger partial charge in [0.15, 0.2) is 0 Å². The molecule has 0 spiro atoms. The summed E-state index contributed by atoms with van der Waals surface area (Å²) in [6.07, 6.45) is 1.19. The van der Waals surface area contributed by atoms with Crippen LogP contribution in [0.2, 0.25) is 0 Å². The summed E-state index contributed by atoms with van der Waals surface area (Å²) in [4.78, 5) is 2.44. The van der Waals surface area contributed by atoms with Gasteiger partial charge in [0.25, 0.3) is 0 Å². The first kappa shape index (κ1) is 14.9. The van der Waals surface area contributed by atoms with Crippen molar-refractivity contribution in [3.8, 4) is 0 Å². The lowest BCUT2D eigenvalue weighted by molar-refractivity contribution is 0.107. The van der Waals surface area contributed by atoms with Crippen LogP contribution < -0.4 is 5.32 Å². The number of ether oxygens (including phenoxy) is 1. The number of hydrogen-bond acceptors (Lipinski definition) is 3. The van der Waals surface area contributed by atoms with Gasteiger partial charge in [-0.05, 0) is 39.8 Å². The first-order valence-electron chi connectivity index (χ1n) is 6.94. The summed E-state index contributed by atoms with van der Waals surface area (Å²) in [5.74, 6) is 0.720. The largest absolute Gasteiger partial charge is 0.381 e. The Morgan fingerprint density at radius 3 is 2.47 bits per heavy atom. The lowest BCUT2D eigenvalue weighted by Crippen LogP contribution is -2.46. The van der Waals surface area contributed by atoms with Crippen molar-refractivity contribution in [1.82, 2.24) is 10.2 Å². The third-order valence-electron chi connectivity index (χ3n) is 3.70.